The van der Waals surface area contributed by atoms with Crippen LogP contribution in [0, 0.1) is 0 Å². The zero-order valence-corrected chi connectivity index (χ0v) is 8.81. The summed E-state index contributed by atoms with van der Waals surface area (Å²) in [5.74, 6) is 0.247. The van der Waals surface area contributed by atoms with Crippen molar-refractivity contribution in [2.24, 2.45) is 0 Å². The Labute approximate surface area is 94.9 Å². The highest BCUT2D eigenvalue weighted by atomic mass is 35.5. The molecule has 5 heteroatoms. The van der Waals surface area contributed by atoms with E-state index in [0.717, 1.165) is 12.1 Å². The van der Waals surface area contributed by atoms with Gasteiger partial charge < -0.3 is 0 Å². The van der Waals surface area contributed by atoms with Crippen LogP contribution in [0.1, 0.15) is 11.3 Å². The van der Waals surface area contributed by atoms with E-state index in [1.165, 1.54) is 6.07 Å². The van der Waals surface area contributed by atoms with Crippen LogP contribution >= 0.6 is 11.6 Å². The predicted octanol–water partition coefficient (Wildman–Crippen LogP) is 3.99. The molecule has 0 N–H and O–H groups in total. The summed E-state index contributed by atoms with van der Waals surface area (Å²) < 4.78 is 37.3. The molecule has 2 aromatic rings. The van der Waals surface area contributed by atoms with Crippen molar-refractivity contribution in [3.05, 3.63) is 41.6 Å². The number of rotatable bonds is 1. The van der Waals surface area contributed by atoms with E-state index in [-0.39, 0.29) is 5.88 Å². The molecule has 0 spiro atoms. The van der Waals surface area contributed by atoms with Gasteiger partial charge in [0, 0.05) is 5.39 Å². The van der Waals surface area contributed by atoms with Gasteiger partial charge in [-0.3, -0.25) is 4.98 Å². The van der Waals surface area contributed by atoms with Gasteiger partial charge in [-0.15, -0.1) is 11.6 Å². The van der Waals surface area contributed by atoms with Gasteiger partial charge in [-0.2, -0.15) is 13.2 Å². The summed E-state index contributed by atoms with van der Waals surface area (Å²) in [4.78, 5) is 4.12. The van der Waals surface area contributed by atoms with Crippen LogP contribution in [0.15, 0.2) is 30.3 Å². The van der Waals surface area contributed by atoms with Gasteiger partial charge in [0.05, 0.1) is 22.7 Å². The van der Waals surface area contributed by atoms with Crippen molar-refractivity contribution < 1.29 is 13.2 Å². The lowest BCUT2D eigenvalue weighted by atomic mass is 10.1. The zero-order chi connectivity index (χ0) is 11.8. The fourth-order valence-corrected chi connectivity index (χ4v) is 1.57. The maximum absolute atomic E-state index is 12.4. The van der Waals surface area contributed by atoms with Crippen LogP contribution in [0.4, 0.5) is 13.2 Å². The maximum atomic E-state index is 12.4. The number of fused-ring (bicyclic) bond motifs is 1. The second-order valence-electron chi connectivity index (χ2n) is 3.34. The fraction of sp³-hybridized carbons (Fsp3) is 0.182. The second kappa shape index (κ2) is 3.94. The summed E-state index contributed by atoms with van der Waals surface area (Å²) in [5, 5.41) is 0.462. The molecule has 1 heterocycles. The van der Waals surface area contributed by atoms with E-state index < -0.39 is 11.7 Å². The minimum atomic E-state index is -4.32. The van der Waals surface area contributed by atoms with Crippen molar-refractivity contribution in [2.45, 2.75) is 12.1 Å². The Balaban J connectivity index is 2.56. The summed E-state index contributed by atoms with van der Waals surface area (Å²) in [5.41, 5.74) is 0.500. The van der Waals surface area contributed by atoms with Crippen molar-refractivity contribution >= 4 is 22.5 Å². The van der Waals surface area contributed by atoms with E-state index in [1.807, 2.05) is 0 Å². The average molecular weight is 246 g/mol. The quantitative estimate of drug-likeness (QED) is 0.692. The lowest BCUT2D eigenvalue weighted by Gasteiger charge is -2.07. The van der Waals surface area contributed by atoms with E-state index in [9.17, 15) is 13.2 Å². The third kappa shape index (κ3) is 2.11. The van der Waals surface area contributed by atoms with Gasteiger partial charge in [-0.05, 0) is 24.3 Å². The van der Waals surface area contributed by atoms with E-state index in [0.29, 0.717) is 16.6 Å². The number of halogens is 4. The first-order chi connectivity index (χ1) is 7.50. The summed E-state index contributed by atoms with van der Waals surface area (Å²) >= 11 is 5.59. The molecule has 0 fully saturated rings. The first-order valence-electron chi connectivity index (χ1n) is 4.53. The van der Waals surface area contributed by atoms with Crippen LogP contribution in [-0.4, -0.2) is 4.98 Å². The molecule has 0 aliphatic heterocycles. The van der Waals surface area contributed by atoms with Gasteiger partial charge in [-0.25, -0.2) is 0 Å². The Hall–Kier alpha value is -1.29. The SMILES string of the molecule is FC(F)(F)c1ccc2nc(CCl)ccc2c1. The first kappa shape index (κ1) is 11.2. The highest BCUT2D eigenvalue weighted by Gasteiger charge is 2.30. The van der Waals surface area contributed by atoms with Crippen LogP contribution < -0.4 is 0 Å². The molecule has 0 radical (unpaired) electrons. The number of alkyl halides is 4. The molecule has 0 aliphatic rings. The lowest BCUT2D eigenvalue weighted by molar-refractivity contribution is -0.137. The average Bonchev–Trinajstić information content (AvgIpc) is 2.26. The second-order valence-corrected chi connectivity index (χ2v) is 3.61. The zero-order valence-electron chi connectivity index (χ0n) is 8.05. The molecule has 0 amide bonds. The molecule has 0 atom stereocenters. The third-order valence-electron chi connectivity index (χ3n) is 2.21. The molecule has 0 unspecified atom stereocenters. The third-order valence-corrected chi connectivity index (χ3v) is 2.48. The molecule has 0 saturated heterocycles. The lowest BCUT2D eigenvalue weighted by Crippen LogP contribution is -2.04. The van der Waals surface area contributed by atoms with Crippen molar-refractivity contribution in [1.29, 1.82) is 0 Å². The number of benzene rings is 1. The maximum Gasteiger partial charge on any atom is 0.416 e. The molecule has 1 aromatic heterocycles. The molecule has 1 nitrogen and oxygen atoms in total. The first-order valence-corrected chi connectivity index (χ1v) is 5.07. The molecule has 16 heavy (non-hydrogen) atoms. The van der Waals surface area contributed by atoms with Crippen LogP contribution in [0.25, 0.3) is 10.9 Å². The van der Waals surface area contributed by atoms with Crippen LogP contribution in [0.2, 0.25) is 0 Å². The van der Waals surface area contributed by atoms with Crippen molar-refractivity contribution in [2.75, 3.05) is 0 Å². The minimum absolute atomic E-state index is 0.247. The predicted molar refractivity (Wildman–Crippen MR) is 56.3 cm³/mol. The van der Waals surface area contributed by atoms with Gasteiger partial charge in [0.2, 0.25) is 0 Å². The number of hydrogen-bond acceptors (Lipinski definition) is 1. The van der Waals surface area contributed by atoms with Gasteiger partial charge in [-0.1, -0.05) is 6.07 Å². The molecule has 0 bridgehead atoms. The van der Waals surface area contributed by atoms with Crippen molar-refractivity contribution in [3.63, 3.8) is 0 Å². The Bertz CT molecular complexity index is 522. The molecule has 84 valence electrons. The topological polar surface area (TPSA) is 12.9 Å². The van der Waals surface area contributed by atoms with E-state index in [2.05, 4.69) is 4.98 Å². The Morgan fingerprint density at radius 2 is 1.88 bits per heavy atom. The number of nitrogens with zero attached hydrogens (tertiary/aromatic N) is 1. The number of hydrogen-bond donors (Lipinski definition) is 0. The summed E-state index contributed by atoms with van der Waals surface area (Å²) in [6.07, 6.45) is -4.32. The number of pyridine rings is 1. The van der Waals surface area contributed by atoms with E-state index in [4.69, 9.17) is 11.6 Å². The molecule has 1 aromatic carbocycles. The molecule has 0 saturated carbocycles. The van der Waals surface area contributed by atoms with Crippen molar-refractivity contribution in [3.8, 4) is 0 Å². The monoisotopic (exact) mass is 245 g/mol. The highest BCUT2D eigenvalue weighted by molar-refractivity contribution is 6.16. The Morgan fingerprint density at radius 3 is 2.50 bits per heavy atom. The molecular formula is C11H7ClF3N. The van der Waals surface area contributed by atoms with Crippen LogP contribution in [0.3, 0.4) is 0 Å². The molecule has 2 rings (SSSR count). The summed E-state index contributed by atoms with van der Waals surface area (Å²) in [7, 11) is 0. The van der Waals surface area contributed by atoms with Crippen LogP contribution in [0.5, 0.6) is 0 Å². The minimum Gasteiger partial charge on any atom is -0.252 e. The van der Waals surface area contributed by atoms with E-state index in [1.54, 1.807) is 12.1 Å². The van der Waals surface area contributed by atoms with Gasteiger partial charge in [0.15, 0.2) is 0 Å². The summed E-state index contributed by atoms with van der Waals surface area (Å²) in [6.45, 7) is 0. The number of aromatic nitrogens is 1. The summed E-state index contributed by atoms with van der Waals surface area (Å²) in [6, 6.07) is 6.67. The molecule has 0 aliphatic carbocycles. The normalized spacial score (nSPS) is 12.0. The van der Waals surface area contributed by atoms with Gasteiger partial charge in [0.1, 0.15) is 0 Å². The van der Waals surface area contributed by atoms with Gasteiger partial charge >= 0.3 is 6.18 Å². The Morgan fingerprint density at radius 1 is 1.12 bits per heavy atom. The fourth-order valence-electron chi connectivity index (χ4n) is 1.42. The van der Waals surface area contributed by atoms with Crippen LogP contribution in [-0.2, 0) is 12.1 Å². The van der Waals surface area contributed by atoms with Crippen molar-refractivity contribution in [1.82, 2.24) is 4.98 Å². The smallest absolute Gasteiger partial charge is 0.252 e. The highest BCUT2D eigenvalue weighted by Crippen LogP contribution is 2.31. The molecular weight excluding hydrogens is 239 g/mol. The van der Waals surface area contributed by atoms with Gasteiger partial charge in [0.25, 0.3) is 0 Å². The largest absolute Gasteiger partial charge is 0.416 e. The standard InChI is InChI=1S/C11H7ClF3N/c12-6-9-3-1-7-5-8(11(13,14)15)2-4-10(7)16-9/h1-5H,6H2. The Kier molecular flexibility index (Phi) is 2.76. The van der Waals surface area contributed by atoms with E-state index >= 15 is 0 Å².